The predicted molar refractivity (Wildman–Crippen MR) is 99.3 cm³/mol. The minimum atomic E-state index is -4.40. The maximum atomic E-state index is 12.7. The highest BCUT2D eigenvalue weighted by Crippen LogP contribution is 2.31. The van der Waals surface area contributed by atoms with Gasteiger partial charge in [-0.15, -0.1) is 0 Å². The van der Waals surface area contributed by atoms with E-state index in [0.29, 0.717) is 32.0 Å². The van der Waals surface area contributed by atoms with Crippen molar-refractivity contribution in [1.29, 1.82) is 0 Å². The number of hydrogen-bond donors (Lipinski definition) is 2. The number of anilines is 2. The molecule has 0 radical (unpaired) electrons. The average molecular weight is 394 g/mol. The number of carbonyl (C=O) groups is 1. The van der Waals surface area contributed by atoms with Crippen LogP contribution in [0.5, 0.6) is 0 Å². The number of hydrogen-bond acceptors (Lipinski definition) is 5. The summed E-state index contributed by atoms with van der Waals surface area (Å²) < 4.78 is 38.0. The second-order valence-corrected chi connectivity index (χ2v) is 6.64. The summed E-state index contributed by atoms with van der Waals surface area (Å²) >= 11 is 0. The Kier molecular flexibility index (Phi) is 5.73. The van der Waals surface area contributed by atoms with Crippen LogP contribution in [-0.4, -0.2) is 42.2 Å². The Morgan fingerprint density at radius 3 is 2.32 bits per heavy atom. The van der Waals surface area contributed by atoms with Crippen molar-refractivity contribution in [2.45, 2.75) is 18.6 Å². The molecule has 1 fully saturated rings. The largest absolute Gasteiger partial charge is 0.481 e. The van der Waals surface area contributed by atoms with Crippen molar-refractivity contribution >= 4 is 17.5 Å². The number of alkyl halides is 3. The van der Waals surface area contributed by atoms with Crippen LogP contribution in [0.2, 0.25) is 0 Å². The zero-order chi connectivity index (χ0) is 20.3. The highest BCUT2D eigenvalue weighted by molar-refractivity contribution is 5.69. The zero-order valence-corrected chi connectivity index (χ0v) is 15.1. The molecule has 3 rings (SSSR count). The molecule has 3 N–H and O–H groups in total. The van der Waals surface area contributed by atoms with Gasteiger partial charge in [-0.3, -0.25) is 4.79 Å². The minimum Gasteiger partial charge on any atom is -0.481 e. The van der Waals surface area contributed by atoms with Crippen molar-refractivity contribution in [3.63, 3.8) is 0 Å². The van der Waals surface area contributed by atoms with Gasteiger partial charge in [0.05, 0.1) is 12.0 Å². The topological polar surface area (TPSA) is 82.7 Å². The van der Waals surface area contributed by atoms with E-state index in [1.165, 1.54) is 6.07 Å². The summed E-state index contributed by atoms with van der Waals surface area (Å²) in [5, 5.41) is 9.00. The number of nitrogens with zero attached hydrogens (tertiary/aromatic N) is 3. The van der Waals surface area contributed by atoms with Crippen LogP contribution in [0.25, 0.3) is 0 Å². The molecule has 1 unspecified atom stereocenters. The van der Waals surface area contributed by atoms with E-state index in [1.807, 2.05) is 29.2 Å². The lowest BCUT2D eigenvalue weighted by Crippen LogP contribution is -2.47. The Balaban J connectivity index is 1.68. The number of piperazine rings is 1. The van der Waals surface area contributed by atoms with Gasteiger partial charge in [0.2, 0.25) is 0 Å². The van der Waals surface area contributed by atoms with E-state index < -0.39 is 23.8 Å². The standard InChI is InChI=1S/C19H21F3N4O2/c20-19(21,22)13-5-6-17(24-12-13)26-9-7-25(8-10-26)16-4-2-1-3-14(16)15(23)11-18(27)28/h1-6,12,15H,7-11,23H2,(H,27,28). The summed E-state index contributed by atoms with van der Waals surface area (Å²) in [6.07, 6.45) is -3.71. The van der Waals surface area contributed by atoms with Crippen LogP contribution in [0, 0.1) is 0 Å². The average Bonchev–Trinajstić information content (AvgIpc) is 2.67. The number of aliphatic carboxylic acids is 1. The zero-order valence-electron chi connectivity index (χ0n) is 15.1. The fraction of sp³-hybridized carbons (Fsp3) is 0.368. The molecule has 1 aliphatic heterocycles. The number of benzene rings is 1. The van der Waals surface area contributed by atoms with Gasteiger partial charge in [0, 0.05) is 44.1 Å². The summed E-state index contributed by atoms with van der Waals surface area (Å²) in [4.78, 5) is 19.0. The second-order valence-electron chi connectivity index (χ2n) is 6.64. The Bertz CT molecular complexity index is 819. The van der Waals surface area contributed by atoms with Crippen LogP contribution in [0.4, 0.5) is 24.7 Å². The quantitative estimate of drug-likeness (QED) is 0.812. The number of carboxylic acid groups (broad SMARTS) is 1. The van der Waals surface area contributed by atoms with Gasteiger partial charge in [-0.05, 0) is 23.8 Å². The molecule has 150 valence electrons. The molecule has 0 aliphatic carbocycles. The van der Waals surface area contributed by atoms with Crippen molar-refractivity contribution in [2.75, 3.05) is 36.0 Å². The van der Waals surface area contributed by atoms with E-state index in [1.54, 1.807) is 0 Å². The van der Waals surface area contributed by atoms with Gasteiger partial charge in [0.25, 0.3) is 0 Å². The van der Waals surface area contributed by atoms with Crippen LogP contribution in [-0.2, 0) is 11.0 Å². The first kappa shape index (κ1) is 19.9. The lowest BCUT2D eigenvalue weighted by molar-refractivity contribution is -0.138. The molecule has 0 spiro atoms. The summed E-state index contributed by atoms with van der Waals surface area (Å²) in [5.74, 6) is -0.455. The van der Waals surface area contributed by atoms with Crippen LogP contribution in [0.1, 0.15) is 23.6 Å². The molecule has 1 aliphatic rings. The third kappa shape index (κ3) is 4.53. The molecular formula is C19H21F3N4O2. The number of pyridine rings is 1. The number of aromatic nitrogens is 1. The molecule has 28 heavy (non-hydrogen) atoms. The smallest absolute Gasteiger partial charge is 0.417 e. The summed E-state index contributed by atoms with van der Waals surface area (Å²) in [6.45, 7) is 2.42. The van der Waals surface area contributed by atoms with Gasteiger partial charge in [-0.2, -0.15) is 13.2 Å². The first-order valence-electron chi connectivity index (χ1n) is 8.85. The van der Waals surface area contributed by atoms with E-state index >= 15 is 0 Å². The highest BCUT2D eigenvalue weighted by Gasteiger charge is 2.31. The monoisotopic (exact) mass is 394 g/mol. The van der Waals surface area contributed by atoms with Crippen LogP contribution >= 0.6 is 0 Å². The minimum absolute atomic E-state index is 0.160. The molecule has 9 heteroatoms. The van der Waals surface area contributed by atoms with Gasteiger partial charge >= 0.3 is 12.1 Å². The van der Waals surface area contributed by atoms with Crippen molar-refractivity contribution < 1.29 is 23.1 Å². The lowest BCUT2D eigenvalue weighted by atomic mass is 10.0. The summed E-state index contributed by atoms with van der Waals surface area (Å²) in [6, 6.07) is 9.24. The highest BCUT2D eigenvalue weighted by atomic mass is 19.4. The van der Waals surface area contributed by atoms with E-state index in [-0.39, 0.29) is 6.42 Å². The molecule has 1 aromatic heterocycles. The molecule has 0 amide bonds. The van der Waals surface area contributed by atoms with Gasteiger partial charge in [0.15, 0.2) is 0 Å². The normalized spacial score (nSPS) is 16.1. The lowest BCUT2D eigenvalue weighted by Gasteiger charge is -2.38. The summed E-state index contributed by atoms with van der Waals surface area (Å²) in [5.41, 5.74) is 6.94. The molecule has 1 atom stereocenters. The van der Waals surface area contributed by atoms with E-state index in [2.05, 4.69) is 9.88 Å². The van der Waals surface area contributed by atoms with E-state index in [9.17, 15) is 18.0 Å². The summed E-state index contributed by atoms with van der Waals surface area (Å²) in [7, 11) is 0. The van der Waals surface area contributed by atoms with Crippen LogP contribution in [0.3, 0.4) is 0 Å². The van der Waals surface area contributed by atoms with Crippen molar-refractivity contribution in [1.82, 2.24) is 4.98 Å². The number of nitrogens with two attached hydrogens (primary N) is 1. The van der Waals surface area contributed by atoms with Gasteiger partial charge < -0.3 is 20.6 Å². The Morgan fingerprint density at radius 2 is 1.75 bits per heavy atom. The Morgan fingerprint density at radius 1 is 1.11 bits per heavy atom. The number of halogens is 3. The third-order valence-electron chi connectivity index (χ3n) is 4.75. The number of carboxylic acids is 1. The maximum absolute atomic E-state index is 12.7. The van der Waals surface area contributed by atoms with Gasteiger partial charge in [-0.25, -0.2) is 4.98 Å². The number of rotatable bonds is 5. The van der Waals surface area contributed by atoms with Gasteiger partial charge in [0.1, 0.15) is 5.82 Å². The Labute approximate surface area is 160 Å². The van der Waals surface area contributed by atoms with Crippen molar-refractivity contribution in [2.24, 2.45) is 5.73 Å². The molecule has 1 saturated heterocycles. The fourth-order valence-corrected chi connectivity index (χ4v) is 3.30. The second kappa shape index (κ2) is 8.05. The first-order valence-corrected chi connectivity index (χ1v) is 8.85. The van der Waals surface area contributed by atoms with Crippen molar-refractivity contribution in [3.05, 3.63) is 53.7 Å². The van der Waals surface area contributed by atoms with E-state index in [4.69, 9.17) is 10.8 Å². The molecule has 1 aromatic carbocycles. The molecule has 0 saturated carbocycles. The Hall–Kier alpha value is -2.81. The van der Waals surface area contributed by atoms with Gasteiger partial charge in [-0.1, -0.05) is 18.2 Å². The molecular weight excluding hydrogens is 373 g/mol. The van der Waals surface area contributed by atoms with Crippen molar-refractivity contribution in [3.8, 4) is 0 Å². The maximum Gasteiger partial charge on any atom is 0.417 e. The SMILES string of the molecule is NC(CC(=O)O)c1ccccc1N1CCN(c2ccc(C(F)(F)F)cn2)CC1. The predicted octanol–water partition coefficient (Wildman–Crippen LogP) is 2.90. The first-order chi connectivity index (χ1) is 13.3. The molecule has 2 heterocycles. The number of para-hydroxylation sites is 1. The van der Waals surface area contributed by atoms with Crippen LogP contribution in [0.15, 0.2) is 42.6 Å². The molecule has 6 nitrogen and oxygen atoms in total. The van der Waals surface area contributed by atoms with Crippen LogP contribution < -0.4 is 15.5 Å². The van der Waals surface area contributed by atoms with E-state index in [0.717, 1.165) is 23.5 Å². The fourth-order valence-electron chi connectivity index (χ4n) is 3.30. The molecule has 0 bridgehead atoms. The third-order valence-corrected chi connectivity index (χ3v) is 4.75. The molecule has 2 aromatic rings.